The number of benzene rings is 4. The number of nitrogens with zero attached hydrogens (tertiary/aromatic N) is 3. The van der Waals surface area contributed by atoms with Crippen LogP contribution in [0.15, 0.2) is 103 Å². The number of fused-ring (bicyclic) bond motifs is 3. The van der Waals surface area contributed by atoms with Gasteiger partial charge in [-0.2, -0.15) is 0 Å². The standard InChI is InChI=1S/C67H84N12O9S2/c1-38(68-8)57(81)76-55(66(3,4)5)63(87)79-36-47(34-53(79)62(86)74-51-23-15-19-41-17-11-13-21-49(41)51)72-60(84)43-26-24-42(25-27-43)59(83)71-46-29-28-44-33-52(61(85)73-50-22-14-18-40-16-10-12-20-48(40)50)78(35-45(44)32-46)64(88)56(77-58(82)39(2)69-9)67(6,7)90-37-54(80)75-65-70-30-31-89-65/h10-13,16-17,20-21,24-32,38-39,47,50-53,55-56,68-69H,14-15,18-19,22-23,33-37H2,1-9H3,(H,71,83)(H,72,84)(H,73,85)(H,74,86)(H,76,81)(H,77,82)(H,70,75,80)/t38-,39-,47-,50+,51+,52-,53-,55+,56+/m0/s1. The molecular formula is C67H84N12O9S2. The number of carbonyl (C=O) groups is 9. The van der Waals surface area contributed by atoms with Gasteiger partial charge in [-0.05, 0) is 162 Å². The number of hydrogen-bond donors (Lipinski definition) is 9. The normalized spacial score (nSPS) is 20.1. The molecule has 90 heavy (non-hydrogen) atoms. The Morgan fingerprint density at radius 2 is 1.19 bits per heavy atom. The van der Waals surface area contributed by atoms with Gasteiger partial charge in [0.1, 0.15) is 24.2 Å². The van der Waals surface area contributed by atoms with Crippen molar-refractivity contribution in [3.63, 3.8) is 0 Å². The second-order valence-corrected chi connectivity index (χ2v) is 28.0. The predicted molar refractivity (Wildman–Crippen MR) is 348 cm³/mol. The number of likely N-dealkylation sites (tertiary alicyclic amines) is 1. The van der Waals surface area contributed by atoms with E-state index in [-0.39, 0.29) is 78.5 Å². The summed E-state index contributed by atoms with van der Waals surface area (Å²) in [6, 6.07) is 20.8. The highest BCUT2D eigenvalue weighted by molar-refractivity contribution is 8.01. The molecule has 9 rings (SSSR count). The number of aryl methyl sites for hydroxylation is 2. The van der Waals surface area contributed by atoms with Crippen molar-refractivity contribution in [1.29, 1.82) is 0 Å². The highest BCUT2D eigenvalue weighted by Gasteiger charge is 2.48. The quantitative estimate of drug-likeness (QED) is 0.0401. The van der Waals surface area contributed by atoms with Gasteiger partial charge in [-0.15, -0.1) is 23.1 Å². The van der Waals surface area contributed by atoms with Gasteiger partial charge in [-0.3, -0.25) is 43.2 Å². The fourth-order valence-electron chi connectivity index (χ4n) is 12.2. The molecule has 2 aliphatic heterocycles. The summed E-state index contributed by atoms with van der Waals surface area (Å²) in [4.78, 5) is 135. The molecule has 1 aromatic heterocycles. The molecule has 1 saturated heterocycles. The molecule has 4 aliphatic rings. The Morgan fingerprint density at radius 1 is 0.633 bits per heavy atom. The van der Waals surface area contributed by atoms with E-state index in [1.165, 1.54) is 57.2 Å². The Bertz CT molecular complexity index is 3480. The number of thiazole rings is 1. The number of aromatic nitrogens is 1. The first-order valence-electron chi connectivity index (χ1n) is 30.9. The lowest BCUT2D eigenvalue weighted by molar-refractivity contribution is -0.145. The largest absolute Gasteiger partial charge is 0.347 e. The van der Waals surface area contributed by atoms with Crippen molar-refractivity contribution < 1.29 is 43.2 Å². The molecule has 0 spiro atoms. The van der Waals surface area contributed by atoms with Crippen LogP contribution in [0, 0.1) is 5.41 Å². The molecular weight excluding hydrogens is 1180 g/mol. The number of likely N-dealkylation sites (N-methyl/N-ethyl adjacent to an activating group) is 2. The van der Waals surface area contributed by atoms with Crippen molar-refractivity contribution in [2.75, 3.05) is 37.0 Å². The Labute approximate surface area is 534 Å². The third-order valence-corrected chi connectivity index (χ3v) is 19.8. The minimum atomic E-state index is -1.22. The first-order chi connectivity index (χ1) is 42.9. The van der Waals surface area contributed by atoms with Crippen molar-refractivity contribution in [3.05, 3.63) is 147 Å². The molecule has 4 aromatic carbocycles. The number of nitrogens with one attached hydrogen (secondary N) is 9. The third kappa shape index (κ3) is 15.8. The molecule has 0 bridgehead atoms. The van der Waals surface area contributed by atoms with E-state index < -0.39 is 82.0 Å². The van der Waals surface area contributed by atoms with Crippen LogP contribution in [0.4, 0.5) is 10.8 Å². The zero-order valence-corrected chi connectivity index (χ0v) is 54.3. The first-order valence-corrected chi connectivity index (χ1v) is 32.8. The topological polar surface area (TPSA) is 281 Å². The molecule has 478 valence electrons. The molecule has 0 unspecified atom stereocenters. The number of thioether (sulfide) groups is 1. The average molecular weight is 1270 g/mol. The maximum atomic E-state index is 15.5. The van der Waals surface area contributed by atoms with E-state index in [0.29, 0.717) is 22.8 Å². The fraction of sp³-hybridized carbons (Fsp3) is 0.463. The van der Waals surface area contributed by atoms with Gasteiger partial charge < -0.3 is 57.7 Å². The molecule has 3 heterocycles. The van der Waals surface area contributed by atoms with Gasteiger partial charge in [0, 0.05) is 58.7 Å². The van der Waals surface area contributed by atoms with Crippen LogP contribution in [0.2, 0.25) is 0 Å². The van der Waals surface area contributed by atoms with Gasteiger partial charge in [-0.1, -0.05) is 75.4 Å². The van der Waals surface area contributed by atoms with Crippen molar-refractivity contribution in [2.24, 2.45) is 5.41 Å². The Kier molecular flexibility index (Phi) is 21.3. The van der Waals surface area contributed by atoms with Crippen LogP contribution >= 0.6 is 23.1 Å². The van der Waals surface area contributed by atoms with Crippen LogP contribution in [-0.4, -0.2) is 141 Å². The molecule has 2 aliphatic carbocycles. The van der Waals surface area contributed by atoms with E-state index in [1.807, 2.05) is 63.2 Å². The molecule has 9 amide bonds. The zero-order chi connectivity index (χ0) is 64.6. The van der Waals surface area contributed by atoms with Crippen molar-refractivity contribution in [3.8, 4) is 0 Å². The Hall–Kier alpha value is -7.99. The molecule has 0 radical (unpaired) electrons. The van der Waals surface area contributed by atoms with Crippen LogP contribution in [-0.2, 0) is 59.4 Å². The number of rotatable bonds is 21. The van der Waals surface area contributed by atoms with Gasteiger partial charge in [-0.25, -0.2) is 4.98 Å². The van der Waals surface area contributed by atoms with E-state index in [1.54, 1.807) is 65.5 Å². The summed E-state index contributed by atoms with van der Waals surface area (Å²) in [5.41, 5.74) is 5.95. The van der Waals surface area contributed by atoms with Crippen molar-refractivity contribution in [1.82, 2.24) is 52.0 Å². The Morgan fingerprint density at radius 3 is 1.76 bits per heavy atom. The summed E-state index contributed by atoms with van der Waals surface area (Å²) in [5.74, 6) is -3.88. The van der Waals surface area contributed by atoms with Gasteiger partial charge in [0.25, 0.3) is 11.8 Å². The SMILES string of the molecule is CN[C@@H](C)C(=O)N[C@H](C(=O)N1C[C@@H](NC(=O)c2ccc(C(=O)Nc3ccc4c(c3)CN(C(=O)[C@@H](NC(=O)[C@H](C)NC)C(C)(C)SCC(=O)Nc3nccs3)[C@H](C(=O)N[C@@H]3CCCc5ccccc53)C4)cc2)C[C@H]1C(=O)N[C@@H]1CCCc2ccccc21)C(C)(C)C. The molecule has 5 aromatic rings. The summed E-state index contributed by atoms with van der Waals surface area (Å²) >= 11 is 2.46. The highest BCUT2D eigenvalue weighted by Crippen LogP contribution is 2.36. The van der Waals surface area contributed by atoms with E-state index in [2.05, 4.69) is 65.0 Å². The van der Waals surface area contributed by atoms with Crippen molar-refractivity contribution in [2.45, 2.75) is 166 Å². The minimum absolute atomic E-state index is 0.00354. The van der Waals surface area contributed by atoms with Gasteiger partial charge >= 0.3 is 0 Å². The summed E-state index contributed by atoms with van der Waals surface area (Å²) in [6.07, 6.45) is 6.81. The number of carbonyl (C=O) groups excluding carboxylic acids is 9. The molecule has 21 nitrogen and oxygen atoms in total. The monoisotopic (exact) mass is 1260 g/mol. The molecule has 9 atom stereocenters. The van der Waals surface area contributed by atoms with Crippen LogP contribution in [0.5, 0.6) is 0 Å². The van der Waals surface area contributed by atoms with Crippen molar-refractivity contribution >= 4 is 87.1 Å². The minimum Gasteiger partial charge on any atom is -0.347 e. The highest BCUT2D eigenvalue weighted by atomic mass is 32.2. The maximum Gasteiger partial charge on any atom is 0.255 e. The first kappa shape index (κ1) is 66.4. The van der Waals surface area contributed by atoms with E-state index in [0.717, 1.165) is 59.9 Å². The lowest BCUT2D eigenvalue weighted by Gasteiger charge is -2.42. The van der Waals surface area contributed by atoms with Crippen LogP contribution in [0.1, 0.15) is 147 Å². The predicted octanol–water partition coefficient (Wildman–Crippen LogP) is 6.12. The van der Waals surface area contributed by atoms with Gasteiger partial charge in [0.2, 0.25) is 41.4 Å². The summed E-state index contributed by atoms with van der Waals surface area (Å²) in [6.45, 7) is 12.4. The fourth-order valence-corrected chi connectivity index (χ4v) is 13.7. The summed E-state index contributed by atoms with van der Waals surface area (Å²) in [5, 5.41) is 29.2. The second kappa shape index (κ2) is 28.9. The zero-order valence-electron chi connectivity index (χ0n) is 52.6. The van der Waals surface area contributed by atoms with E-state index in [4.69, 9.17) is 0 Å². The third-order valence-electron chi connectivity index (χ3n) is 17.7. The van der Waals surface area contributed by atoms with E-state index in [9.17, 15) is 38.4 Å². The Balaban J connectivity index is 0.917. The van der Waals surface area contributed by atoms with Gasteiger partial charge in [0.05, 0.1) is 29.9 Å². The summed E-state index contributed by atoms with van der Waals surface area (Å²) in [7, 11) is 3.29. The number of hydrogen-bond acceptors (Lipinski definition) is 14. The second-order valence-electron chi connectivity index (χ2n) is 25.5. The van der Waals surface area contributed by atoms with E-state index >= 15 is 4.79 Å². The molecule has 9 N–H and O–H groups in total. The van der Waals surface area contributed by atoms with Crippen LogP contribution < -0.4 is 47.9 Å². The average Bonchev–Trinajstić information content (AvgIpc) is 1.14. The molecule has 0 saturated carbocycles. The van der Waals surface area contributed by atoms with Crippen LogP contribution in [0.25, 0.3) is 0 Å². The molecule has 23 heteroatoms. The molecule has 1 fully saturated rings. The summed E-state index contributed by atoms with van der Waals surface area (Å²) < 4.78 is -1.10. The number of amides is 9. The lowest BCUT2D eigenvalue weighted by atomic mass is 9.85. The number of anilines is 2. The van der Waals surface area contributed by atoms with Gasteiger partial charge in [0.15, 0.2) is 5.13 Å². The lowest BCUT2D eigenvalue weighted by Crippen LogP contribution is -2.63. The maximum absolute atomic E-state index is 15.5. The smallest absolute Gasteiger partial charge is 0.255 e. The van der Waals surface area contributed by atoms with Crippen LogP contribution in [0.3, 0.4) is 0 Å².